The number of nitrogens with zero attached hydrogens (tertiary/aromatic N) is 2. The summed E-state index contributed by atoms with van der Waals surface area (Å²) in [5.74, 6) is 0. The molecular formula is C10H11ClN2. The van der Waals surface area contributed by atoms with E-state index in [1.165, 1.54) is 5.56 Å². The van der Waals surface area contributed by atoms with Crippen LogP contribution < -0.4 is 0 Å². The van der Waals surface area contributed by atoms with Crippen molar-refractivity contribution in [1.82, 2.24) is 4.90 Å². The molecule has 0 fully saturated rings. The van der Waals surface area contributed by atoms with Crippen LogP contribution in [0.3, 0.4) is 0 Å². The van der Waals surface area contributed by atoms with E-state index in [1.54, 1.807) is 0 Å². The molecule has 0 aromatic heterocycles. The molecule has 68 valence electrons. The first kappa shape index (κ1) is 8.57. The highest BCUT2D eigenvalue weighted by Gasteiger charge is 2.13. The van der Waals surface area contributed by atoms with E-state index in [2.05, 4.69) is 22.0 Å². The predicted molar refractivity (Wildman–Crippen MR) is 55.0 cm³/mol. The molecule has 1 aromatic carbocycles. The van der Waals surface area contributed by atoms with Crippen molar-refractivity contribution in [2.45, 2.75) is 6.54 Å². The van der Waals surface area contributed by atoms with Crippen LogP contribution in [0, 0.1) is 0 Å². The summed E-state index contributed by atoms with van der Waals surface area (Å²) in [4.78, 5) is 6.20. The Morgan fingerprint density at radius 2 is 2.08 bits per heavy atom. The van der Waals surface area contributed by atoms with Crippen LogP contribution in [0.5, 0.6) is 0 Å². The molecule has 2 rings (SSSR count). The van der Waals surface area contributed by atoms with Crippen LogP contribution in [0.15, 0.2) is 35.3 Å². The molecule has 13 heavy (non-hydrogen) atoms. The summed E-state index contributed by atoms with van der Waals surface area (Å²) in [7, 11) is 0. The Morgan fingerprint density at radius 3 is 2.69 bits per heavy atom. The Labute approximate surface area is 82.8 Å². The Balaban J connectivity index is 2.03. The maximum absolute atomic E-state index is 5.90. The van der Waals surface area contributed by atoms with E-state index >= 15 is 0 Å². The molecule has 3 heteroatoms. The minimum atomic E-state index is 0.642. The topological polar surface area (TPSA) is 15.6 Å². The van der Waals surface area contributed by atoms with Crippen LogP contribution in [-0.4, -0.2) is 23.3 Å². The van der Waals surface area contributed by atoms with Crippen molar-refractivity contribution in [2.24, 2.45) is 4.99 Å². The van der Waals surface area contributed by atoms with E-state index in [9.17, 15) is 0 Å². The maximum atomic E-state index is 5.90. The van der Waals surface area contributed by atoms with Crippen LogP contribution in [0.2, 0.25) is 0 Å². The standard InChI is InChI=1S/C10H11ClN2/c11-10-12-6-7-13(10)8-9-4-2-1-3-5-9/h1-5H,6-8H2. The summed E-state index contributed by atoms with van der Waals surface area (Å²) in [5.41, 5.74) is 1.28. The van der Waals surface area contributed by atoms with E-state index < -0.39 is 0 Å². The summed E-state index contributed by atoms with van der Waals surface area (Å²) in [5, 5.41) is 0.642. The Kier molecular flexibility index (Phi) is 2.50. The van der Waals surface area contributed by atoms with Crippen LogP contribution in [0.4, 0.5) is 0 Å². The van der Waals surface area contributed by atoms with E-state index in [0.29, 0.717) is 5.29 Å². The van der Waals surface area contributed by atoms with Gasteiger partial charge in [-0.15, -0.1) is 0 Å². The van der Waals surface area contributed by atoms with Crippen molar-refractivity contribution in [3.63, 3.8) is 0 Å². The summed E-state index contributed by atoms with van der Waals surface area (Å²) in [6.07, 6.45) is 0. The molecule has 0 saturated heterocycles. The number of hydrogen-bond donors (Lipinski definition) is 0. The van der Waals surface area contributed by atoms with Crippen molar-refractivity contribution in [3.8, 4) is 0 Å². The third-order valence-corrected chi connectivity index (χ3v) is 2.45. The fourth-order valence-electron chi connectivity index (χ4n) is 1.40. The van der Waals surface area contributed by atoms with Gasteiger partial charge in [0, 0.05) is 13.1 Å². The van der Waals surface area contributed by atoms with Crippen molar-refractivity contribution < 1.29 is 0 Å². The van der Waals surface area contributed by atoms with Gasteiger partial charge < -0.3 is 4.90 Å². The molecule has 1 aliphatic heterocycles. The van der Waals surface area contributed by atoms with Gasteiger partial charge >= 0.3 is 0 Å². The molecule has 0 amide bonds. The van der Waals surface area contributed by atoms with Crippen molar-refractivity contribution in [2.75, 3.05) is 13.1 Å². The molecule has 2 nitrogen and oxygen atoms in total. The van der Waals surface area contributed by atoms with Crippen molar-refractivity contribution in [3.05, 3.63) is 35.9 Å². The Hall–Kier alpha value is -1.02. The highest BCUT2D eigenvalue weighted by atomic mass is 35.5. The molecular weight excluding hydrogens is 184 g/mol. The summed E-state index contributed by atoms with van der Waals surface area (Å²) in [6.45, 7) is 2.63. The second kappa shape index (κ2) is 3.79. The Morgan fingerprint density at radius 1 is 1.31 bits per heavy atom. The van der Waals surface area contributed by atoms with Gasteiger partial charge in [-0.1, -0.05) is 30.3 Å². The first-order valence-corrected chi connectivity index (χ1v) is 4.73. The van der Waals surface area contributed by atoms with Crippen LogP contribution in [-0.2, 0) is 6.54 Å². The normalized spacial score (nSPS) is 16.1. The quantitative estimate of drug-likeness (QED) is 0.659. The summed E-state index contributed by atoms with van der Waals surface area (Å²) >= 11 is 5.90. The molecule has 0 unspecified atom stereocenters. The number of rotatable bonds is 2. The van der Waals surface area contributed by atoms with E-state index in [-0.39, 0.29) is 0 Å². The summed E-state index contributed by atoms with van der Waals surface area (Å²) < 4.78 is 0. The van der Waals surface area contributed by atoms with E-state index in [0.717, 1.165) is 19.6 Å². The van der Waals surface area contributed by atoms with Crippen LogP contribution >= 0.6 is 11.6 Å². The van der Waals surface area contributed by atoms with Gasteiger partial charge in [-0.2, -0.15) is 0 Å². The minimum absolute atomic E-state index is 0.642. The number of aliphatic imine (C=N–C) groups is 1. The minimum Gasteiger partial charge on any atom is -0.341 e. The average molecular weight is 195 g/mol. The fraction of sp³-hybridized carbons (Fsp3) is 0.300. The largest absolute Gasteiger partial charge is 0.341 e. The molecule has 0 radical (unpaired) electrons. The molecule has 0 bridgehead atoms. The predicted octanol–water partition coefficient (Wildman–Crippen LogP) is 2.10. The molecule has 0 spiro atoms. The van der Waals surface area contributed by atoms with Crippen molar-refractivity contribution >= 4 is 16.9 Å². The van der Waals surface area contributed by atoms with Gasteiger partial charge in [-0.3, -0.25) is 4.99 Å². The molecule has 1 aliphatic rings. The van der Waals surface area contributed by atoms with Gasteiger partial charge in [0.2, 0.25) is 0 Å². The maximum Gasteiger partial charge on any atom is 0.194 e. The SMILES string of the molecule is ClC1=NCCN1Cc1ccccc1. The average Bonchev–Trinajstić information content (AvgIpc) is 2.54. The third kappa shape index (κ3) is 2.01. The highest BCUT2D eigenvalue weighted by Crippen LogP contribution is 2.10. The zero-order valence-electron chi connectivity index (χ0n) is 7.28. The third-order valence-electron chi connectivity index (χ3n) is 2.09. The highest BCUT2D eigenvalue weighted by molar-refractivity contribution is 6.64. The van der Waals surface area contributed by atoms with Gasteiger partial charge in [0.15, 0.2) is 5.29 Å². The number of benzene rings is 1. The lowest BCUT2D eigenvalue weighted by atomic mass is 10.2. The van der Waals surface area contributed by atoms with Crippen molar-refractivity contribution in [1.29, 1.82) is 0 Å². The van der Waals surface area contributed by atoms with Gasteiger partial charge in [0.05, 0.1) is 6.54 Å². The Bertz CT molecular complexity index is 308. The van der Waals surface area contributed by atoms with Gasteiger partial charge in [0.25, 0.3) is 0 Å². The lowest BCUT2D eigenvalue weighted by Crippen LogP contribution is -2.23. The lowest BCUT2D eigenvalue weighted by Gasteiger charge is -2.15. The smallest absolute Gasteiger partial charge is 0.194 e. The monoisotopic (exact) mass is 194 g/mol. The van der Waals surface area contributed by atoms with Crippen LogP contribution in [0.25, 0.3) is 0 Å². The zero-order chi connectivity index (χ0) is 9.10. The lowest BCUT2D eigenvalue weighted by molar-refractivity contribution is 0.458. The number of halogens is 1. The molecule has 0 atom stereocenters. The zero-order valence-corrected chi connectivity index (χ0v) is 8.04. The van der Waals surface area contributed by atoms with Crippen LogP contribution in [0.1, 0.15) is 5.56 Å². The molecule has 1 heterocycles. The second-order valence-electron chi connectivity index (χ2n) is 3.06. The number of hydrogen-bond acceptors (Lipinski definition) is 2. The number of amidine groups is 1. The molecule has 0 N–H and O–H groups in total. The first-order chi connectivity index (χ1) is 6.36. The van der Waals surface area contributed by atoms with Gasteiger partial charge in [-0.05, 0) is 17.2 Å². The molecule has 0 saturated carbocycles. The first-order valence-electron chi connectivity index (χ1n) is 4.35. The second-order valence-corrected chi connectivity index (χ2v) is 3.40. The van der Waals surface area contributed by atoms with E-state index in [1.807, 2.05) is 18.2 Å². The van der Waals surface area contributed by atoms with Gasteiger partial charge in [-0.25, -0.2) is 0 Å². The van der Waals surface area contributed by atoms with Gasteiger partial charge in [0.1, 0.15) is 0 Å². The molecule has 1 aromatic rings. The summed E-state index contributed by atoms with van der Waals surface area (Å²) in [6, 6.07) is 10.3. The van der Waals surface area contributed by atoms with E-state index in [4.69, 9.17) is 11.6 Å². The fourth-order valence-corrected chi connectivity index (χ4v) is 1.63. The molecule has 0 aliphatic carbocycles.